The Morgan fingerprint density at radius 1 is 1.27 bits per heavy atom. The molecule has 0 unspecified atom stereocenters. The van der Waals surface area contributed by atoms with Gasteiger partial charge in [-0.05, 0) is 29.8 Å². The van der Waals surface area contributed by atoms with Crippen LogP contribution < -0.4 is 9.80 Å². The van der Waals surface area contributed by atoms with Crippen molar-refractivity contribution in [2.45, 2.75) is 6.10 Å². The van der Waals surface area contributed by atoms with Crippen LogP contribution >= 0.6 is 0 Å². The van der Waals surface area contributed by atoms with Gasteiger partial charge in [0, 0.05) is 31.1 Å². The molecule has 2 amide bonds. The fourth-order valence-corrected chi connectivity index (χ4v) is 3.72. The monoisotopic (exact) mass is 459 g/mol. The number of halogens is 1. The Balaban J connectivity index is 1.38. The molecule has 1 aromatic carbocycles. The number of hydrogen-bond acceptors (Lipinski definition) is 8. The number of amides is 2. The number of nitrogens with zero attached hydrogens (tertiary/aromatic N) is 7. The maximum Gasteiger partial charge on any atom is 0.433 e. The number of benzene rings is 1. The Hall–Kier alpha value is -4.32. The highest BCUT2D eigenvalue weighted by molar-refractivity contribution is 5.92. The summed E-state index contributed by atoms with van der Waals surface area (Å²) in [5.41, 5.74) is 9.03. The van der Waals surface area contributed by atoms with E-state index in [1.807, 2.05) is 0 Å². The Bertz CT molecular complexity index is 1140. The number of hydrogen-bond donors (Lipinski definition) is 0. The van der Waals surface area contributed by atoms with Crippen molar-refractivity contribution >= 4 is 29.3 Å². The molecule has 172 valence electrons. The average molecular weight is 459 g/mol. The maximum atomic E-state index is 14.9. The first-order chi connectivity index (χ1) is 15.9. The summed E-state index contributed by atoms with van der Waals surface area (Å²) in [6.45, 7) is 1.35. The van der Waals surface area contributed by atoms with Gasteiger partial charge >= 0.3 is 12.0 Å². The SMILES string of the molecule is [N-]=[N+]=NC[C@H]1CN(c2ccc(N3CCN(C(=O)c4ccc([N+](=O)[O-])o4)CC3)c(F)c2)C(=O)O1. The van der Waals surface area contributed by atoms with E-state index < -0.39 is 34.7 Å². The molecule has 0 aliphatic carbocycles. The molecule has 2 saturated heterocycles. The molecule has 0 saturated carbocycles. The first kappa shape index (κ1) is 21.9. The molecule has 2 aliphatic rings. The molecule has 1 atom stereocenters. The van der Waals surface area contributed by atoms with Gasteiger partial charge < -0.3 is 19.0 Å². The summed E-state index contributed by atoms with van der Waals surface area (Å²) >= 11 is 0. The minimum atomic E-state index is -0.719. The van der Waals surface area contributed by atoms with Crippen molar-refractivity contribution < 1.29 is 28.1 Å². The number of nitro groups is 1. The fraction of sp³-hybridized carbons (Fsp3) is 0.368. The molecule has 14 heteroatoms. The Morgan fingerprint density at radius 2 is 2.03 bits per heavy atom. The molecule has 2 aromatic rings. The van der Waals surface area contributed by atoms with Crippen LogP contribution in [0.5, 0.6) is 0 Å². The summed E-state index contributed by atoms with van der Waals surface area (Å²) in [6, 6.07) is 6.74. The highest BCUT2D eigenvalue weighted by Gasteiger charge is 2.33. The topological polar surface area (TPSA) is 158 Å². The van der Waals surface area contributed by atoms with E-state index in [0.29, 0.717) is 24.5 Å². The summed E-state index contributed by atoms with van der Waals surface area (Å²) in [5, 5.41) is 14.1. The van der Waals surface area contributed by atoms with Crippen molar-refractivity contribution in [1.29, 1.82) is 0 Å². The number of carbonyl (C=O) groups is 2. The van der Waals surface area contributed by atoms with E-state index in [9.17, 15) is 24.1 Å². The van der Waals surface area contributed by atoms with Crippen molar-refractivity contribution in [3.63, 3.8) is 0 Å². The predicted octanol–water partition coefficient (Wildman–Crippen LogP) is 2.92. The highest BCUT2D eigenvalue weighted by Crippen LogP contribution is 2.29. The second-order valence-electron chi connectivity index (χ2n) is 7.34. The van der Waals surface area contributed by atoms with Crippen LogP contribution in [-0.4, -0.2) is 67.2 Å². The van der Waals surface area contributed by atoms with Crippen molar-refractivity contribution in [2.24, 2.45) is 5.11 Å². The van der Waals surface area contributed by atoms with Crippen molar-refractivity contribution in [3.05, 3.63) is 62.5 Å². The minimum Gasteiger partial charge on any atom is -0.444 e. The number of furan rings is 1. The number of rotatable bonds is 6. The number of anilines is 2. The van der Waals surface area contributed by atoms with Gasteiger partial charge in [-0.2, -0.15) is 0 Å². The lowest BCUT2D eigenvalue weighted by Gasteiger charge is -2.36. The van der Waals surface area contributed by atoms with Gasteiger partial charge in [-0.25, -0.2) is 9.18 Å². The Morgan fingerprint density at radius 3 is 2.67 bits per heavy atom. The van der Waals surface area contributed by atoms with Gasteiger partial charge in [0.2, 0.25) is 0 Å². The number of piperazine rings is 1. The Kier molecular flexibility index (Phi) is 6.00. The molecule has 0 N–H and O–H groups in total. The fourth-order valence-electron chi connectivity index (χ4n) is 3.72. The predicted molar refractivity (Wildman–Crippen MR) is 112 cm³/mol. The molecule has 0 radical (unpaired) electrons. The highest BCUT2D eigenvalue weighted by atomic mass is 19.1. The van der Waals surface area contributed by atoms with Gasteiger partial charge in [0.05, 0.1) is 30.5 Å². The number of ether oxygens (including phenoxy) is 1. The van der Waals surface area contributed by atoms with Crippen LogP contribution in [0.2, 0.25) is 0 Å². The molecule has 33 heavy (non-hydrogen) atoms. The third kappa shape index (κ3) is 4.50. The van der Waals surface area contributed by atoms with Crippen LogP contribution in [0.3, 0.4) is 0 Å². The quantitative estimate of drug-likeness (QED) is 0.211. The third-order valence-electron chi connectivity index (χ3n) is 5.36. The molecule has 0 spiro atoms. The second-order valence-corrected chi connectivity index (χ2v) is 7.34. The number of cyclic esters (lactones) is 1. The molecule has 1 aromatic heterocycles. The minimum absolute atomic E-state index is 0.00629. The summed E-state index contributed by atoms with van der Waals surface area (Å²) < 4.78 is 24.9. The zero-order valence-corrected chi connectivity index (χ0v) is 17.2. The number of azide groups is 1. The van der Waals surface area contributed by atoms with E-state index in [4.69, 9.17) is 14.7 Å². The lowest BCUT2D eigenvalue weighted by atomic mass is 10.2. The van der Waals surface area contributed by atoms with E-state index in [1.54, 1.807) is 17.0 Å². The average Bonchev–Trinajstić information content (AvgIpc) is 3.44. The summed E-state index contributed by atoms with van der Waals surface area (Å²) in [5.74, 6) is -1.64. The van der Waals surface area contributed by atoms with Gasteiger partial charge in [0.25, 0.3) is 5.91 Å². The van der Waals surface area contributed by atoms with Crippen LogP contribution in [-0.2, 0) is 4.74 Å². The van der Waals surface area contributed by atoms with Gasteiger partial charge in [-0.1, -0.05) is 5.11 Å². The van der Waals surface area contributed by atoms with Crippen LogP contribution in [0.15, 0.2) is 39.9 Å². The van der Waals surface area contributed by atoms with Gasteiger partial charge in [-0.3, -0.25) is 19.8 Å². The largest absolute Gasteiger partial charge is 0.444 e. The van der Waals surface area contributed by atoms with Crippen molar-refractivity contribution in [3.8, 4) is 0 Å². The van der Waals surface area contributed by atoms with E-state index in [-0.39, 0.29) is 31.9 Å². The number of carbonyl (C=O) groups excluding carboxylic acids is 2. The molecular weight excluding hydrogens is 441 g/mol. The standard InChI is InChI=1S/C19H18FN7O6/c20-14-9-12(26-11-13(10-22-23-21)32-19(26)29)1-2-15(14)24-5-7-25(8-6-24)18(28)16-3-4-17(33-16)27(30)31/h1-4,9,13H,5-8,10-11H2/t13-/m0/s1. The summed E-state index contributed by atoms with van der Waals surface area (Å²) in [4.78, 5) is 41.7. The smallest absolute Gasteiger partial charge is 0.433 e. The molecule has 0 bridgehead atoms. The van der Waals surface area contributed by atoms with E-state index >= 15 is 0 Å². The molecule has 2 aliphatic heterocycles. The van der Waals surface area contributed by atoms with Gasteiger partial charge in [0.15, 0.2) is 5.76 Å². The van der Waals surface area contributed by atoms with Crippen molar-refractivity contribution in [1.82, 2.24) is 4.90 Å². The normalized spacial score (nSPS) is 18.2. The van der Waals surface area contributed by atoms with Gasteiger partial charge in [0.1, 0.15) is 16.8 Å². The molecule has 13 nitrogen and oxygen atoms in total. The van der Waals surface area contributed by atoms with Crippen LogP contribution in [0.4, 0.5) is 26.4 Å². The van der Waals surface area contributed by atoms with Crippen LogP contribution in [0.25, 0.3) is 10.4 Å². The molecule has 2 fully saturated rings. The first-order valence-corrected chi connectivity index (χ1v) is 9.94. The lowest BCUT2D eigenvalue weighted by Crippen LogP contribution is -2.49. The molecule has 3 heterocycles. The summed E-state index contributed by atoms with van der Waals surface area (Å²) in [7, 11) is 0. The summed E-state index contributed by atoms with van der Waals surface area (Å²) in [6.07, 6.45) is -1.25. The zero-order chi connectivity index (χ0) is 23.5. The molecular formula is C19H18FN7O6. The molecule has 4 rings (SSSR count). The van der Waals surface area contributed by atoms with E-state index in [0.717, 1.165) is 6.07 Å². The van der Waals surface area contributed by atoms with Crippen LogP contribution in [0, 0.1) is 15.9 Å². The van der Waals surface area contributed by atoms with E-state index in [1.165, 1.54) is 21.9 Å². The van der Waals surface area contributed by atoms with E-state index in [2.05, 4.69) is 10.0 Å². The maximum absolute atomic E-state index is 14.9. The zero-order valence-electron chi connectivity index (χ0n) is 17.2. The van der Waals surface area contributed by atoms with Crippen molar-refractivity contribution in [2.75, 3.05) is 49.1 Å². The van der Waals surface area contributed by atoms with Gasteiger partial charge in [-0.15, -0.1) is 0 Å². The van der Waals surface area contributed by atoms with Crippen LogP contribution in [0.1, 0.15) is 10.6 Å². The first-order valence-electron chi connectivity index (χ1n) is 9.94. The lowest BCUT2D eigenvalue weighted by molar-refractivity contribution is -0.402. The Labute approximate surface area is 185 Å². The third-order valence-corrected chi connectivity index (χ3v) is 5.36. The second kappa shape index (κ2) is 9.04.